The van der Waals surface area contributed by atoms with E-state index in [2.05, 4.69) is 22.4 Å². The van der Waals surface area contributed by atoms with E-state index in [0.29, 0.717) is 0 Å². The Morgan fingerprint density at radius 1 is 1.05 bits per heavy atom. The van der Waals surface area contributed by atoms with Gasteiger partial charge in [-0.2, -0.15) is 0 Å². The van der Waals surface area contributed by atoms with E-state index in [4.69, 9.17) is 0 Å². The van der Waals surface area contributed by atoms with Gasteiger partial charge in [-0.1, -0.05) is 37.5 Å². The van der Waals surface area contributed by atoms with E-state index in [1.54, 1.807) is 0 Å². The second-order valence-corrected chi connectivity index (χ2v) is 5.51. The lowest BCUT2D eigenvalue weighted by Gasteiger charge is -2.37. The first-order chi connectivity index (χ1) is 9.31. The molecule has 0 unspecified atom stereocenters. The van der Waals surface area contributed by atoms with Gasteiger partial charge in [0.1, 0.15) is 5.82 Å². The number of hydrogen-bond donors (Lipinski definition) is 2. The van der Waals surface area contributed by atoms with Crippen molar-refractivity contribution >= 4 is 16.7 Å². The summed E-state index contributed by atoms with van der Waals surface area (Å²) in [4.78, 5) is 4.64. The fourth-order valence-corrected chi connectivity index (χ4v) is 2.96. The molecule has 0 amide bonds. The summed E-state index contributed by atoms with van der Waals surface area (Å²) in [5.41, 5.74) is 0.824. The summed E-state index contributed by atoms with van der Waals surface area (Å²) in [6.45, 7) is 0.182. The van der Waals surface area contributed by atoms with Gasteiger partial charge in [-0.3, -0.25) is 0 Å². The van der Waals surface area contributed by atoms with E-state index in [0.717, 1.165) is 29.6 Å². The molecule has 1 heterocycles. The van der Waals surface area contributed by atoms with E-state index in [1.165, 1.54) is 19.3 Å². The second kappa shape index (κ2) is 5.17. The number of rotatable bonds is 3. The molecule has 1 aromatic heterocycles. The summed E-state index contributed by atoms with van der Waals surface area (Å²) in [5.74, 6) is 0.870. The summed E-state index contributed by atoms with van der Waals surface area (Å²) in [6, 6.07) is 12.2. The van der Waals surface area contributed by atoms with E-state index >= 15 is 0 Å². The van der Waals surface area contributed by atoms with Gasteiger partial charge in [-0.05, 0) is 31.0 Å². The number of nitrogens with zero attached hydrogens (tertiary/aromatic N) is 1. The van der Waals surface area contributed by atoms with Crippen LogP contribution in [0.25, 0.3) is 10.9 Å². The zero-order valence-electron chi connectivity index (χ0n) is 11.1. The number of fused-ring (bicyclic) bond motifs is 1. The van der Waals surface area contributed by atoms with E-state index in [-0.39, 0.29) is 12.1 Å². The number of para-hydroxylation sites is 1. The number of aromatic nitrogens is 1. The Morgan fingerprint density at radius 2 is 1.84 bits per heavy atom. The monoisotopic (exact) mass is 256 g/mol. The third kappa shape index (κ3) is 2.56. The molecule has 0 atom stereocenters. The van der Waals surface area contributed by atoms with Gasteiger partial charge in [-0.15, -0.1) is 0 Å². The molecule has 1 aliphatic rings. The van der Waals surface area contributed by atoms with Crippen LogP contribution in [0.4, 0.5) is 5.82 Å². The Morgan fingerprint density at radius 3 is 2.63 bits per heavy atom. The summed E-state index contributed by atoms with van der Waals surface area (Å²) in [6.07, 6.45) is 5.69. The summed E-state index contributed by atoms with van der Waals surface area (Å²) < 4.78 is 0. The number of anilines is 1. The molecule has 100 valence electrons. The minimum absolute atomic E-state index is 0.173. The lowest BCUT2D eigenvalue weighted by atomic mass is 9.82. The van der Waals surface area contributed by atoms with Crippen LogP contribution in [-0.4, -0.2) is 22.2 Å². The summed E-state index contributed by atoms with van der Waals surface area (Å²) in [7, 11) is 0. The molecule has 1 saturated carbocycles. The number of hydrogen-bond acceptors (Lipinski definition) is 3. The molecule has 3 nitrogen and oxygen atoms in total. The average molecular weight is 256 g/mol. The lowest BCUT2D eigenvalue weighted by Crippen LogP contribution is -2.44. The maximum Gasteiger partial charge on any atom is 0.127 e. The molecule has 0 spiro atoms. The van der Waals surface area contributed by atoms with E-state index in [1.807, 2.05) is 24.3 Å². The summed E-state index contributed by atoms with van der Waals surface area (Å²) in [5, 5.41) is 14.3. The first-order valence-corrected chi connectivity index (χ1v) is 7.06. The Bertz CT molecular complexity index is 561. The largest absolute Gasteiger partial charge is 0.394 e. The van der Waals surface area contributed by atoms with Crippen molar-refractivity contribution in [1.82, 2.24) is 4.98 Å². The molecule has 0 saturated heterocycles. The highest BCUT2D eigenvalue weighted by molar-refractivity contribution is 5.80. The third-order valence-electron chi connectivity index (χ3n) is 4.10. The van der Waals surface area contributed by atoms with Gasteiger partial charge in [0, 0.05) is 5.39 Å². The van der Waals surface area contributed by atoms with Crippen molar-refractivity contribution in [1.29, 1.82) is 0 Å². The molecule has 2 aromatic rings. The van der Waals surface area contributed by atoms with Crippen LogP contribution in [0.3, 0.4) is 0 Å². The van der Waals surface area contributed by atoms with Crippen molar-refractivity contribution in [2.24, 2.45) is 0 Å². The standard InChI is InChI=1S/C16H20N2O/c19-12-16(10-4-1-5-11-16)18-15-9-8-13-6-2-3-7-14(13)17-15/h2-3,6-9,19H,1,4-5,10-12H2,(H,17,18). The molecule has 0 bridgehead atoms. The molecule has 3 heteroatoms. The van der Waals surface area contributed by atoms with Gasteiger partial charge in [0.25, 0.3) is 0 Å². The van der Waals surface area contributed by atoms with Crippen LogP contribution in [0.15, 0.2) is 36.4 Å². The molecular formula is C16H20N2O. The first-order valence-electron chi connectivity index (χ1n) is 7.06. The van der Waals surface area contributed by atoms with Crippen LogP contribution in [0.1, 0.15) is 32.1 Å². The summed E-state index contributed by atoms with van der Waals surface area (Å²) >= 11 is 0. The molecular weight excluding hydrogens is 236 g/mol. The Kier molecular flexibility index (Phi) is 3.38. The van der Waals surface area contributed by atoms with Crippen molar-refractivity contribution < 1.29 is 5.11 Å². The predicted octanol–water partition coefficient (Wildman–Crippen LogP) is 3.34. The molecule has 3 rings (SSSR count). The third-order valence-corrected chi connectivity index (χ3v) is 4.10. The van der Waals surface area contributed by atoms with E-state index in [9.17, 15) is 5.11 Å². The smallest absolute Gasteiger partial charge is 0.127 e. The van der Waals surface area contributed by atoms with Gasteiger partial charge in [0.15, 0.2) is 0 Å². The van der Waals surface area contributed by atoms with Crippen LogP contribution < -0.4 is 5.32 Å². The first kappa shape index (κ1) is 12.4. The molecule has 19 heavy (non-hydrogen) atoms. The number of pyridine rings is 1. The van der Waals surface area contributed by atoms with E-state index < -0.39 is 0 Å². The van der Waals surface area contributed by atoms with Crippen LogP contribution in [0, 0.1) is 0 Å². The number of aliphatic hydroxyl groups is 1. The minimum Gasteiger partial charge on any atom is -0.394 e. The van der Waals surface area contributed by atoms with Crippen molar-refractivity contribution in [3.63, 3.8) is 0 Å². The van der Waals surface area contributed by atoms with Crippen molar-refractivity contribution in [3.8, 4) is 0 Å². The maximum absolute atomic E-state index is 9.73. The second-order valence-electron chi connectivity index (χ2n) is 5.51. The Hall–Kier alpha value is -1.61. The van der Waals surface area contributed by atoms with Crippen molar-refractivity contribution in [2.75, 3.05) is 11.9 Å². The SMILES string of the molecule is OCC1(Nc2ccc3ccccc3n2)CCCCC1. The average Bonchev–Trinajstić information content (AvgIpc) is 2.48. The fraction of sp³-hybridized carbons (Fsp3) is 0.438. The van der Waals surface area contributed by atoms with Gasteiger partial charge < -0.3 is 10.4 Å². The molecule has 1 aromatic carbocycles. The van der Waals surface area contributed by atoms with Crippen LogP contribution >= 0.6 is 0 Å². The molecule has 0 aliphatic heterocycles. The number of nitrogens with one attached hydrogen (secondary N) is 1. The molecule has 1 fully saturated rings. The highest BCUT2D eigenvalue weighted by atomic mass is 16.3. The highest BCUT2D eigenvalue weighted by Crippen LogP contribution is 2.31. The normalized spacial score (nSPS) is 18.4. The van der Waals surface area contributed by atoms with Crippen molar-refractivity contribution in [3.05, 3.63) is 36.4 Å². The number of benzene rings is 1. The van der Waals surface area contributed by atoms with Crippen LogP contribution in [0.5, 0.6) is 0 Å². The lowest BCUT2D eigenvalue weighted by molar-refractivity contribution is 0.172. The van der Waals surface area contributed by atoms with Gasteiger partial charge >= 0.3 is 0 Å². The molecule has 2 N–H and O–H groups in total. The number of aliphatic hydroxyl groups excluding tert-OH is 1. The van der Waals surface area contributed by atoms with Crippen LogP contribution in [0.2, 0.25) is 0 Å². The Labute approximate surface area is 113 Å². The molecule has 0 radical (unpaired) electrons. The van der Waals surface area contributed by atoms with Crippen molar-refractivity contribution in [2.45, 2.75) is 37.6 Å². The fourth-order valence-electron chi connectivity index (χ4n) is 2.96. The van der Waals surface area contributed by atoms with Crippen LogP contribution in [-0.2, 0) is 0 Å². The predicted molar refractivity (Wildman–Crippen MR) is 78.3 cm³/mol. The Balaban J connectivity index is 1.87. The zero-order valence-corrected chi connectivity index (χ0v) is 11.1. The van der Waals surface area contributed by atoms with Gasteiger partial charge in [-0.25, -0.2) is 4.98 Å². The topological polar surface area (TPSA) is 45.1 Å². The quantitative estimate of drug-likeness (QED) is 0.885. The van der Waals surface area contributed by atoms with Gasteiger partial charge in [0.2, 0.25) is 0 Å². The highest BCUT2D eigenvalue weighted by Gasteiger charge is 2.31. The van der Waals surface area contributed by atoms with Gasteiger partial charge in [0.05, 0.1) is 17.7 Å². The zero-order chi connectivity index (χ0) is 13.1. The maximum atomic E-state index is 9.73. The molecule has 1 aliphatic carbocycles. The minimum atomic E-state index is -0.173.